The van der Waals surface area contributed by atoms with E-state index in [2.05, 4.69) is 46.5 Å². The minimum Gasteiger partial charge on any atom is -0.382 e. The molecule has 2 atom stereocenters. The van der Waals surface area contributed by atoms with Gasteiger partial charge in [-0.1, -0.05) is 31.9 Å². The van der Waals surface area contributed by atoms with Gasteiger partial charge < -0.3 is 10.3 Å². The van der Waals surface area contributed by atoms with Crippen LogP contribution in [0.5, 0.6) is 0 Å². The summed E-state index contributed by atoms with van der Waals surface area (Å²) in [5.74, 6) is 0.779. The first kappa shape index (κ1) is 12.3. The standard InChI is InChI=1S/C16H21N3/c1-12-4-2-3-5-15(12)19-14-8-6-13(7-9-14)16-10-17-11-18-16/h6-12,15,19H,2-5H2,1H3,(H,17,18). The molecular weight excluding hydrogens is 234 g/mol. The first-order valence-electron chi connectivity index (χ1n) is 7.18. The summed E-state index contributed by atoms with van der Waals surface area (Å²) in [5.41, 5.74) is 3.47. The Balaban J connectivity index is 1.69. The maximum Gasteiger partial charge on any atom is 0.0924 e. The van der Waals surface area contributed by atoms with E-state index < -0.39 is 0 Å². The number of anilines is 1. The van der Waals surface area contributed by atoms with E-state index in [0.29, 0.717) is 6.04 Å². The summed E-state index contributed by atoms with van der Waals surface area (Å²) >= 11 is 0. The van der Waals surface area contributed by atoms with Crippen molar-refractivity contribution in [2.45, 2.75) is 38.6 Å². The topological polar surface area (TPSA) is 40.7 Å². The molecule has 1 saturated carbocycles. The van der Waals surface area contributed by atoms with E-state index >= 15 is 0 Å². The van der Waals surface area contributed by atoms with Gasteiger partial charge in [-0.05, 0) is 36.5 Å². The number of aromatic amines is 1. The third-order valence-electron chi connectivity index (χ3n) is 4.16. The van der Waals surface area contributed by atoms with Crippen molar-refractivity contribution in [1.29, 1.82) is 0 Å². The average Bonchev–Trinajstić information content (AvgIpc) is 2.96. The van der Waals surface area contributed by atoms with Gasteiger partial charge in [-0.3, -0.25) is 0 Å². The van der Waals surface area contributed by atoms with Gasteiger partial charge in [0.2, 0.25) is 0 Å². The summed E-state index contributed by atoms with van der Waals surface area (Å²) in [6, 6.07) is 9.24. The van der Waals surface area contributed by atoms with Gasteiger partial charge in [0, 0.05) is 11.7 Å². The molecule has 2 aromatic rings. The van der Waals surface area contributed by atoms with Crippen molar-refractivity contribution in [3.8, 4) is 11.3 Å². The van der Waals surface area contributed by atoms with Crippen LogP contribution in [0, 0.1) is 5.92 Å². The van der Waals surface area contributed by atoms with E-state index in [4.69, 9.17) is 0 Å². The molecule has 1 heterocycles. The SMILES string of the molecule is CC1CCCCC1Nc1ccc(-c2cnc[nH]2)cc1. The summed E-state index contributed by atoms with van der Waals surface area (Å²) in [6.45, 7) is 2.36. The van der Waals surface area contributed by atoms with Crippen molar-refractivity contribution >= 4 is 5.69 Å². The molecule has 0 amide bonds. The van der Waals surface area contributed by atoms with E-state index in [-0.39, 0.29) is 0 Å². The third kappa shape index (κ3) is 2.80. The summed E-state index contributed by atoms with van der Waals surface area (Å²) in [7, 11) is 0. The highest BCUT2D eigenvalue weighted by atomic mass is 14.9. The molecule has 3 rings (SSSR count). The fourth-order valence-electron chi connectivity index (χ4n) is 2.90. The molecule has 0 aliphatic heterocycles. The Kier molecular flexibility index (Phi) is 3.53. The highest BCUT2D eigenvalue weighted by Crippen LogP contribution is 2.27. The number of hydrogen-bond donors (Lipinski definition) is 2. The smallest absolute Gasteiger partial charge is 0.0924 e. The predicted octanol–water partition coefficient (Wildman–Crippen LogP) is 4.07. The largest absolute Gasteiger partial charge is 0.382 e. The predicted molar refractivity (Wildman–Crippen MR) is 79.1 cm³/mol. The molecule has 100 valence electrons. The van der Waals surface area contributed by atoms with Crippen molar-refractivity contribution < 1.29 is 0 Å². The van der Waals surface area contributed by atoms with E-state index in [1.54, 1.807) is 6.33 Å². The Hall–Kier alpha value is -1.77. The summed E-state index contributed by atoms with van der Waals surface area (Å²) in [5, 5.41) is 3.68. The van der Waals surface area contributed by atoms with E-state index in [9.17, 15) is 0 Å². The van der Waals surface area contributed by atoms with E-state index in [0.717, 1.165) is 11.6 Å². The van der Waals surface area contributed by atoms with Crippen LogP contribution in [0.2, 0.25) is 0 Å². The molecule has 2 N–H and O–H groups in total. The van der Waals surface area contributed by atoms with Crippen molar-refractivity contribution in [3.05, 3.63) is 36.8 Å². The number of aromatic nitrogens is 2. The molecule has 2 unspecified atom stereocenters. The molecule has 0 spiro atoms. The van der Waals surface area contributed by atoms with Gasteiger partial charge in [0.1, 0.15) is 0 Å². The van der Waals surface area contributed by atoms with Crippen LogP contribution in [0.4, 0.5) is 5.69 Å². The number of imidazole rings is 1. The van der Waals surface area contributed by atoms with Crippen molar-refractivity contribution in [2.24, 2.45) is 5.92 Å². The van der Waals surface area contributed by atoms with Crippen molar-refractivity contribution in [1.82, 2.24) is 9.97 Å². The van der Waals surface area contributed by atoms with Crippen LogP contribution < -0.4 is 5.32 Å². The molecule has 0 radical (unpaired) electrons. The van der Waals surface area contributed by atoms with E-state index in [1.165, 1.54) is 36.9 Å². The Morgan fingerprint density at radius 2 is 1.95 bits per heavy atom. The molecular formula is C16H21N3. The van der Waals surface area contributed by atoms with Gasteiger partial charge in [-0.25, -0.2) is 4.98 Å². The molecule has 1 aliphatic carbocycles. The molecule has 3 nitrogen and oxygen atoms in total. The van der Waals surface area contributed by atoms with Gasteiger partial charge in [0.05, 0.1) is 18.2 Å². The molecule has 19 heavy (non-hydrogen) atoms. The number of rotatable bonds is 3. The molecule has 0 saturated heterocycles. The minimum atomic E-state index is 0.631. The van der Waals surface area contributed by atoms with Crippen LogP contribution in [0.3, 0.4) is 0 Å². The molecule has 3 heteroatoms. The second-order valence-corrected chi connectivity index (χ2v) is 5.56. The maximum absolute atomic E-state index is 4.05. The highest BCUT2D eigenvalue weighted by molar-refractivity contribution is 5.62. The third-order valence-corrected chi connectivity index (χ3v) is 4.16. The molecule has 1 aromatic carbocycles. The van der Waals surface area contributed by atoms with Crippen molar-refractivity contribution in [3.63, 3.8) is 0 Å². The highest BCUT2D eigenvalue weighted by Gasteiger charge is 2.20. The fraction of sp³-hybridized carbons (Fsp3) is 0.438. The normalized spacial score (nSPS) is 23.2. The Morgan fingerprint density at radius 1 is 1.16 bits per heavy atom. The Bertz CT molecular complexity index is 501. The molecule has 0 bridgehead atoms. The summed E-state index contributed by atoms with van der Waals surface area (Å²) in [4.78, 5) is 7.18. The summed E-state index contributed by atoms with van der Waals surface area (Å²) < 4.78 is 0. The van der Waals surface area contributed by atoms with Crippen LogP contribution in [0.25, 0.3) is 11.3 Å². The molecule has 1 fully saturated rings. The van der Waals surface area contributed by atoms with Crippen LogP contribution in [0.15, 0.2) is 36.8 Å². The monoisotopic (exact) mass is 255 g/mol. The minimum absolute atomic E-state index is 0.631. The first-order valence-corrected chi connectivity index (χ1v) is 7.18. The second-order valence-electron chi connectivity index (χ2n) is 5.56. The lowest BCUT2D eigenvalue weighted by atomic mass is 9.86. The van der Waals surface area contributed by atoms with Crippen LogP contribution in [0.1, 0.15) is 32.6 Å². The number of H-pyrrole nitrogens is 1. The maximum atomic E-state index is 4.05. The quantitative estimate of drug-likeness (QED) is 0.868. The lowest BCUT2D eigenvalue weighted by molar-refractivity contribution is 0.349. The van der Waals surface area contributed by atoms with Gasteiger partial charge in [0.15, 0.2) is 0 Å². The Morgan fingerprint density at radius 3 is 2.63 bits per heavy atom. The number of benzene rings is 1. The lowest BCUT2D eigenvalue weighted by Crippen LogP contribution is -2.30. The van der Waals surface area contributed by atoms with Crippen LogP contribution in [-0.4, -0.2) is 16.0 Å². The summed E-state index contributed by atoms with van der Waals surface area (Å²) in [6.07, 6.45) is 8.95. The van der Waals surface area contributed by atoms with Gasteiger partial charge in [0.25, 0.3) is 0 Å². The van der Waals surface area contributed by atoms with Gasteiger partial charge in [-0.15, -0.1) is 0 Å². The zero-order valence-corrected chi connectivity index (χ0v) is 11.4. The Labute approximate surface area is 114 Å². The van der Waals surface area contributed by atoms with Crippen LogP contribution in [-0.2, 0) is 0 Å². The zero-order chi connectivity index (χ0) is 13.1. The number of nitrogens with zero attached hydrogens (tertiary/aromatic N) is 1. The second kappa shape index (κ2) is 5.47. The van der Waals surface area contributed by atoms with Crippen LogP contribution >= 0.6 is 0 Å². The van der Waals surface area contributed by atoms with Gasteiger partial charge >= 0.3 is 0 Å². The fourth-order valence-corrected chi connectivity index (χ4v) is 2.90. The molecule has 1 aromatic heterocycles. The van der Waals surface area contributed by atoms with Gasteiger partial charge in [-0.2, -0.15) is 0 Å². The first-order chi connectivity index (χ1) is 9.33. The number of hydrogen-bond acceptors (Lipinski definition) is 2. The van der Waals surface area contributed by atoms with Crippen molar-refractivity contribution in [2.75, 3.05) is 5.32 Å². The average molecular weight is 255 g/mol. The number of nitrogens with one attached hydrogen (secondary N) is 2. The molecule has 1 aliphatic rings. The van der Waals surface area contributed by atoms with E-state index in [1.807, 2.05) is 6.20 Å². The lowest BCUT2D eigenvalue weighted by Gasteiger charge is -2.30. The zero-order valence-electron chi connectivity index (χ0n) is 11.4.